The maximum Gasteiger partial charge on any atom is 0.221 e. The number of hydrogen-bond donors (Lipinski definition) is 1. The summed E-state index contributed by atoms with van der Waals surface area (Å²) in [5.41, 5.74) is 2.71. The van der Waals surface area contributed by atoms with Crippen molar-refractivity contribution in [2.75, 3.05) is 5.32 Å². The summed E-state index contributed by atoms with van der Waals surface area (Å²) in [5, 5.41) is 5.14. The van der Waals surface area contributed by atoms with E-state index in [0.717, 1.165) is 26.8 Å². The van der Waals surface area contributed by atoms with Crippen LogP contribution in [-0.2, 0) is 4.79 Å². The third kappa shape index (κ3) is 3.18. The Hall–Kier alpha value is -2.17. The highest BCUT2D eigenvalue weighted by molar-refractivity contribution is 7.19. The summed E-state index contributed by atoms with van der Waals surface area (Å²) in [6, 6.07) is 17.3. The highest BCUT2D eigenvalue weighted by atomic mass is 35.5. The molecule has 0 atom stereocenters. The number of carbonyl (C=O) groups is 1. The third-order valence-corrected chi connectivity index (χ3v) is 4.33. The molecule has 0 aliphatic carbocycles. The molecule has 0 bridgehead atoms. The van der Waals surface area contributed by atoms with Gasteiger partial charge in [-0.2, -0.15) is 0 Å². The molecule has 3 rings (SSSR count). The fraction of sp³-hybridized carbons (Fsp3) is 0.0588. The summed E-state index contributed by atoms with van der Waals surface area (Å²) in [7, 11) is 0. The SMILES string of the molecule is CC(=O)Nc1sc(-c2ccccc2)nc1-c1ccc(Cl)cc1. The molecule has 3 aromatic rings. The Morgan fingerprint density at radius 1 is 1.05 bits per heavy atom. The van der Waals surface area contributed by atoms with Crippen molar-refractivity contribution in [3.63, 3.8) is 0 Å². The molecule has 0 radical (unpaired) electrons. The van der Waals surface area contributed by atoms with Gasteiger partial charge in [-0.1, -0.05) is 65.4 Å². The van der Waals surface area contributed by atoms with Crippen LogP contribution in [0.3, 0.4) is 0 Å². The van der Waals surface area contributed by atoms with Crippen LogP contribution in [0.25, 0.3) is 21.8 Å². The molecule has 3 nitrogen and oxygen atoms in total. The molecule has 0 spiro atoms. The average molecular weight is 329 g/mol. The van der Waals surface area contributed by atoms with Gasteiger partial charge in [-0.25, -0.2) is 4.98 Å². The number of amides is 1. The first kappa shape index (κ1) is 14.8. The minimum absolute atomic E-state index is 0.113. The molecule has 0 saturated carbocycles. The summed E-state index contributed by atoms with van der Waals surface area (Å²) in [6.45, 7) is 1.49. The maximum absolute atomic E-state index is 11.4. The topological polar surface area (TPSA) is 42.0 Å². The highest BCUT2D eigenvalue weighted by Crippen LogP contribution is 2.38. The van der Waals surface area contributed by atoms with Gasteiger partial charge in [0.25, 0.3) is 0 Å². The lowest BCUT2D eigenvalue weighted by molar-refractivity contribution is -0.114. The normalized spacial score (nSPS) is 10.5. The summed E-state index contributed by atoms with van der Waals surface area (Å²) in [5.74, 6) is -0.113. The van der Waals surface area contributed by atoms with Crippen molar-refractivity contribution in [3.05, 3.63) is 59.6 Å². The average Bonchev–Trinajstić information content (AvgIpc) is 2.92. The van der Waals surface area contributed by atoms with Gasteiger partial charge in [0.2, 0.25) is 5.91 Å². The van der Waals surface area contributed by atoms with Crippen LogP contribution in [-0.4, -0.2) is 10.9 Å². The summed E-state index contributed by atoms with van der Waals surface area (Å²) in [4.78, 5) is 16.1. The molecule has 0 aliphatic rings. The molecule has 1 amide bonds. The Labute approximate surface area is 137 Å². The highest BCUT2D eigenvalue weighted by Gasteiger charge is 2.15. The van der Waals surface area contributed by atoms with Crippen molar-refractivity contribution in [1.82, 2.24) is 4.98 Å². The van der Waals surface area contributed by atoms with E-state index >= 15 is 0 Å². The van der Waals surface area contributed by atoms with Gasteiger partial charge in [0.15, 0.2) is 0 Å². The molecule has 1 aromatic heterocycles. The Bertz CT molecular complexity index is 797. The quantitative estimate of drug-likeness (QED) is 0.727. The number of aromatic nitrogens is 1. The van der Waals surface area contributed by atoms with Gasteiger partial charge in [-0.05, 0) is 12.1 Å². The van der Waals surface area contributed by atoms with Crippen molar-refractivity contribution in [2.45, 2.75) is 6.92 Å². The van der Waals surface area contributed by atoms with Crippen molar-refractivity contribution in [1.29, 1.82) is 0 Å². The van der Waals surface area contributed by atoms with Crippen LogP contribution in [0.2, 0.25) is 5.02 Å². The lowest BCUT2D eigenvalue weighted by atomic mass is 10.1. The molecule has 1 heterocycles. The van der Waals surface area contributed by atoms with Crippen LogP contribution >= 0.6 is 22.9 Å². The van der Waals surface area contributed by atoms with E-state index in [2.05, 4.69) is 5.32 Å². The number of benzene rings is 2. The zero-order chi connectivity index (χ0) is 15.5. The zero-order valence-corrected chi connectivity index (χ0v) is 13.4. The number of nitrogens with one attached hydrogen (secondary N) is 1. The Balaban J connectivity index is 2.09. The van der Waals surface area contributed by atoms with E-state index in [4.69, 9.17) is 16.6 Å². The molecule has 5 heteroatoms. The van der Waals surface area contributed by atoms with Crippen molar-refractivity contribution in [3.8, 4) is 21.8 Å². The van der Waals surface area contributed by atoms with Gasteiger partial charge in [-0.3, -0.25) is 4.79 Å². The van der Waals surface area contributed by atoms with Gasteiger partial charge >= 0.3 is 0 Å². The minimum Gasteiger partial charge on any atom is -0.316 e. The molecule has 110 valence electrons. The second kappa shape index (κ2) is 6.30. The van der Waals surface area contributed by atoms with Crippen LogP contribution in [0, 0.1) is 0 Å². The Morgan fingerprint density at radius 2 is 1.73 bits per heavy atom. The molecule has 1 N–H and O–H groups in total. The fourth-order valence-corrected chi connectivity index (χ4v) is 3.24. The van der Waals surface area contributed by atoms with E-state index in [-0.39, 0.29) is 5.91 Å². The number of hydrogen-bond acceptors (Lipinski definition) is 3. The van der Waals surface area contributed by atoms with E-state index in [1.54, 1.807) is 0 Å². The Kier molecular flexibility index (Phi) is 4.22. The summed E-state index contributed by atoms with van der Waals surface area (Å²) >= 11 is 7.40. The van der Waals surface area contributed by atoms with E-state index < -0.39 is 0 Å². The standard InChI is InChI=1S/C17H13ClN2OS/c1-11(21)19-17-15(12-7-9-14(18)10-8-12)20-16(22-17)13-5-3-2-4-6-13/h2-10H,1H3,(H,19,21). The number of rotatable bonds is 3. The van der Waals surface area contributed by atoms with Crippen LogP contribution in [0.1, 0.15) is 6.92 Å². The van der Waals surface area contributed by atoms with E-state index in [1.807, 2.05) is 54.6 Å². The predicted octanol–water partition coefficient (Wildman–Crippen LogP) is 5.09. The molecule has 0 fully saturated rings. The molecule has 0 unspecified atom stereocenters. The number of thiazole rings is 1. The predicted molar refractivity (Wildman–Crippen MR) is 92.3 cm³/mol. The van der Waals surface area contributed by atoms with Crippen LogP contribution < -0.4 is 5.32 Å². The summed E-state index contributed by atoms with van der Waals surface area (Å²) in [6.07, 6.45) is 0. The van der Waals surface area contributed by atoms with Crippen molar-refractivity contribution >= 4 is 33.8 Å². The van der Waals surface area contributed by atoms with Gasteiger partial charge in [-0.15, -0.1) is 0 Å². The molecule has 0 saturated heterocycles. The molecule has 22 heavy (non-hydrogen) atoms. The summed E-state index contributed by atoms with van der Waals surface area (Å²) < 4.78 is 0. The number of carbonyl (C=O) groups excluding carboxylic acids is 1. The number of anilines is 1. The molecular formula is C17H13ClN2OS. The third-order valence-electron chi connectivity index (χ3n) is 3.06. The smallest absolute Gasteiger partial charge is 0.221 e. The first-order valence-electron chi connectivity index (χ1n) is 6.73. The molecule has 2 aromatic carbocycles. The van der Waals surface area contributed by atoms with Crippen molar-refractivity contribution in [2.24, 2.45) is 0 Å². The lowest BCUT2D eigenvalue weighted by Crippen LogP contribution is -2.05. The number of halogens is 1. The van der Waals surface area contributed by atoms with E-state index in [9.17, 15) is 4.79 Å². The van der Waals surface area contributed by atoms with Gasteiger partial charge in [0.05, 0.1) is 0 Å². The first-order valence-corrected chi connectivity index (χ1v) is 7.93. The zero-order valence-electron chi connectivity index (χ0n) is 11.8. The number of nitrogens with zero attached hydrogens (tertiary/aromatic N) is 1. The van der Waals surface area contributed by atoms with Gasteiger partial charge < -0.3 is 5.32 Å². The van der Waals surface area contributed by atoms with Crippen LogP contribution in [0.15, 0.2) is 54.6 Å². The van der Waals surface area contributed by atoms with Gasteiger partial charge in [0, 0.05) is 23.1 Å². The Morgan fingerprint density at radius 3 is 2.36 bits per heavy atom. The molecular weight excluding hydrogens is 316 g/mol. The largest absolute Gasteiger partial charge is 0.316 e. The minimum atomic E-state index is -0.113. The fourth-order valence-electron chi connectivity index (χ4n) is 2.07. The van der Waals surface area contributed by atoms with E-state index in [0.29, 0.717) is 5.02 Å². The van der Waals surface area contributed by atoms with Crippen molar-refractivity contribution < 1.29 is 4.79 Å². The lowest BCUT2D eigenvalue weighted by Gasteiger charge is -2.02. The van der Waals surface area contributed by atoms with Crippen LogP contribution in [0.4, 0.5) is 5.00 Å². The first-order chi connectivity index (χ1) is 10.6. The second-order valence-corrected chi connectivity index (χ2v) is 6.19. The van der Waals surface area contributed by atoms with E-state index in [1.165, 1.54) is 18.3 Å². The maximum atomic E-state index is 11.4. The molecule has 0 aliphatic heterocycles. The second-order valence-electron chi connectivity index (χ2n) is 4.75. The monoisotopic (exact) mass is 328 g/mol. The van der Waals surface area contributed by atoms with Gasteiger partial charge in [0.1, 0.15) is 15.7 Å². The van der Waals surface area contributed by atoms with Crippen LogP contribution in [0.5, 0.6) is 0 Å².